The summed E-state index contributed by atoms with van der Waals surface area (Å²) in [5.41, 5.74) is 0. The number of carbonyl (C=O) groups is 1. The molecule has 0 aromatic rings. The molecule has 1 unspecified atom stereocenters. The van der Waals surface area contributed by atoms with Crippen LogP contribution in [-0.2, 0) is 4.79 Å². The Morgan fingerprint density at radius 1 is 1.50 bits per heavy atom. The summed E-state index contributed by atoms with van der Waals surface area (Å²) in [7, 11) is 0. The Kier molecular flexibility index (Phi) is 4.11. The molecular weight excluding hydrogens is 212 g/mol. The predicted molar refractivity (Wildman–Crippen MR) is 50.6 cm³/mol. The summed E-state index contributed by atoms with van der Waals surface area (Å²) in [6, 6.07) is 0. The fourth-order valence-corrected chi connectivity index (χ4v) is 1.81. The first kappa shape index (κ1) is 11.7. The average Bonchev–Trinajstić information content (AvgIpc) is 2.13. The molecule has 0 aliphatic heterocycles. The Hall–Kier alpha value is -0.380. The SMILES string of the molecule is O=C(NCCCl)C1CCCCC1(F)F. The minimum Gasteiger partial charge on any atom is -0.354 e. The standard InChI is InChI=1S/C9H14ClF2NO/c10-5-6-13-8(14)7-3-1-2-4-9(7,11)12/h7H,1-6H2,(H,13,14). The van der Waals surface area contributed by atoms with E-state index in [1.54, 1.807) is 0 Å². The smallest absolute Gasteiger partial charge is 0.259 e. The van der Waals surface area contributed by atoms with Crippen LogP contribution in [0.2, 0.25) is 0 Å². The van der Waals surface area contributed by atoms with Gasteiger partial charge < -0.3 is 5.32 Å². The van der Waals surface area contributed by atoms with Crippen LogP contribution in [0.4, 0.5) is 8.78 Å². The zero-order chi connectivity index (χ0) is 10.6. The summed E-state index contributed by atoms with van der Waals surface area (Å²) in [5, 5.41) is 2.41. The van der Waals surface area contributed by atoms with Crippen LogP contribution in [0.25, 0.3) is 0 Å². The van der Waals surface area contributed by atoms with Gasteiger partial charge in [0, 0.05) is 18.8 Å². The van der Waals surface area contributed by atoms with Gasteiger partial charge in [0.05, 0.1) is 0 Å². The molecule has 0 spiro atoms. The van der Waals surface area contributed by atoms with Gasteiger partial charge in [0.1, 0.15) is 5.92 Å². The molecule has 1 amide bonds. The fourth-order valence-electron chi connectivity index (χ4n) is 1.71. The van der Waals surface area contributed by atoms with Crippen LogP contribution in [0.1, 0.15) is 25.7 Å². The first-order valence-electron chi connectivity index (χ1n) is 4.79. The highest BCUT2D eigenvalue weighted by Gasteiger charge is 2.45. The number of amides is 1. The predicted octanol–water partition coefficient (Wildman–Crippen LogP) is 2.17. The topological polar surface area (TPSA) is 29.1 Å². The summed E-state index contributed by atoms with van der Waals surface area (Å²) < 4.78 is 26.5. The minimum atomic E-state index is -2.84. The third kappa shape index (κ3) is 2.80. The normalized spacial score (nSPS) is 25.8. The highest BCUT2D eigenvalue weighted by Crippen LogP contribution is 2.38. The summed E-state index contributed by atoms with van der Waals surface area (Å²) >= 11 is 5.35. The van der Waals surface area contributed by atoms with Crippen LogP contribution in [0.5, 0.6) is 0 Å². The third-order valence-corrected chi connectivity index (χ3v) is 2.66. The summed E-state index contributed by atoms with van der Waals surface area (Å²) in [6.45, 7) is 0.257. The van der Waals surface area contributed by atoms with Gasteiger partial charge in [-0.1, -0.05) is 6.42 Å². The van der Waals surface area contributed by atoms with E-state index in [4.69, 9.17) is 11.6 Å². The van der Waals surface area contributed by atoms with E-state index in [0.717, 1.165) is 0 Å². The number of hydrogen-bond donors (Lipinski definition) is 1. The lowest BCUT2D eigenvalue weighted by molar-refractivity contribution is -0.145. The van der Waals surface area contributed by atoms with Crippen LogP contribution in [0.15, 0.2) is 0 Å². The molecule has 1 aliphatic rings. The molecule has 82 valence electrons. The van der Waals surface area contributed by atoms with E-state index in [2.05, 4.69) is 5.32 Å². The maximum Gasteiger partial charge on any atom is 0.259 e. The lowest BCUT2D eigenvalue weighted by Gasteiger charge is -2.29. The molecule has 1 fully saturated rings. The molecule has 14 heavy (non-hydrogen) atoms. The zero-order valence-electron chi connectivity index (χ0n) is 7.86. The van der Waals surface area contributed by atoms with Crippen molar-refractivity contribution in [2.75, 3.05) is 12.4 Å². The average molecular weight is 226 g/mol. The van der Waals surface area contributed by atoms with E-state index >= 15 is 0 Å². The lowest BCUT2D eigenvalue weighted by atomic mass is 9.85. The van der Waals surface area contributed by atoms with Gasteiger partial charge in [-0.15, -0.1) is 11.6 Å². The van der Waals surface area contributed by atoms with Crippen molar-refractivity contribution in [1.29, 1.82) is 0 Å². The highest BCUT2D eigenvalue weighted by atomic mass is 35.5. The molecule has 1 N–H and O–H groups in total. The second-order valence-corrected chi connectivity index (χ2v) is 3.92. The first-order valence-corrected chi connectivity index (χ1v) is 5.33. The Bertz CT molecular complexity index is 211. The van der Waals surface area contributed by atoms with Gasteiger partial charge in [0.2, 0.25) is 5.91 Å². The van der Waals surface area contributed by atoms with Gasteiger partial charge in [0.15, 0.2) is 0 Å². The Labute approximate surface area is 87.0 Å². The largest absolute Gasteiger partial charge is 0.354 e. The summed E-state index contributed by atoms with van der Waals surface area (Å²) in [4.78, 5) is 11.3. The Morgan fingerprint density at radius 2 is 2.21 bits per heavy atom. The highest BCUT2D eigenvalue weighted by molar-refractivity contribution is 6.18. The van der Waals surface area contributed by atoms with Gasteiger partial charge >= 0.3 is 0 Å². The van der Waals surface area contributed by atoms with E-state index in [0.29, 0.717) is 12.8 Å². The van der Waals surface area contributed by atoms with Crippen LogP contribution in [-0.4, -0.2) is 24.3 Å². The molecular formula is C9H14ClF2NO. The molecule has 1 aliphatic carbocycles. The Morgan fingerprint density at radius 3 is 2.79 bits per heavy atom. The monoisotopic (exact) mass is 225 g/mol. The van der Waals surface area contributed by atoms with Crippen molar-refractivity contribution in [3.63, 3.8) is 0 Å². The number of rotatable bonds is 3. The van der Waals surface area contributed by atoms with Crippen LogP contribution >= 0.6 is 11.6 Å². The van der Waals surface area contributed by atoms with Crippen molar-refractivity contribution in [3.8, 4) is 0 Å². The van der Waals surface area contributed by atoms with Gasteiger partial charge in [-0.05, 0) is 12.8 Å². The van der Waals surface area contributed by atoms with Crippen LogP contribution < -0.4 is 5.32 Å². The van der Waals surface area contributed by atoms with Crippen molar-refractivity contribution in [2.45, 2.75) is 31.6 Å². The lowest BCUT2D eigenvalue weighted by Crippen LogP contribution is -2.43. The van der Waals surface area contributed by atoms with E-state index in [1.807, 2.05) is 0 Å². The maximum atomic E-state index is 13.3. The molecule has 0 saturated heterocycles. The second-order valence-electron chi connectivity index (χ2n) is 3.54. The molecule has 0 aromatic heterocycles. The molecule has 5 heteroatoms. The zero-order valence-corrected chi connectivity index (χ0v) is 8.62. The quantitative estimate of drug-likeness (QED) is 0.733. The molecule has 0 bridgehead atoms. The van der Waals surface area contributed by atoms with Crippen LogP contribution in [0, 0.1) is 5.92 Å². The van der Waals surface area contributed by atoms with Crippen molar-refractivity contribution in [2.24, 2.45) is 5.92 Å². The van der Waals surface area contributed by atoms with Crippen LogP contribution in [0.3, 0.4) is 0 Å². The Balaban J connectivity index is 2.51. The number of nitrogens with one attached hydrogen (secondary N) is 1. The van der Waals surface area contributed by atoms with Crippen molar-refractivity contribution < 1.29 is 13.6 Å². The molecule has 1 atom stereocenters. The van der Waals surface area contributed by atoms with Gasteiger partial charge in [-0.25, -0.2) is 8.78 Å². The second kappa shape index (κ2) is 4.91. The van der Waals surface area contributed by atoms with Crippen molar-refractivity contribution >= 4 is 17.5 Å². The van der Waals surface area contributed by atoms with Gasteiger partial charge in [-0.2, -0.15) is 0 Å². The molecule has 0 heterocycles. The molecule has 2 nitrogen and oxygen atoms in total. The maximum absolute atomic E-state index is 13.3. The van der Waals surface area contributed by atoms with Crippen molar-refractivity contribution in [1.82, 2.24) is 5.32 Å². The summed E-state index contributed by atoms with van der Waals surface area (Å²) in [5.74, 6) is -4.30. The van der Waals surface area contributed by atoms with E-state index < -0.39 is 17.7 Å². The van der Waals surface area contributed by atoms with Gasteiger partial charge in [-0.3, -0.25) is 4.79 Å². The van der Waals surface area contributed by atoms with E-state index in [9.17, 15) is 13.6 Å². The van der Waals surface area contributed by atoms with E-state index in [1.165, 1.54) is 0 Å². The van der Waals surface area contributed by atoms with Crippen molar-refractivity contribution in [3.05, 3.63) is 0 Å². The minimum absolute atomic E-state index is 0.175. The van der Waals surface area contributed by atoms with E-state index in [-0.39, 0.29) is 25.3 Å². The fraction of sp³-hybridized carbons (Fsp3) is 0.889. The molecule has 0 radical (unpaired) electrons. The summed E-state index contributed by atoms with van der Waals surface area (Å²) in [6.07, 6.45) is 1.31. The third-order valence-electron chi connectivity index (χ3n) is 2.47. The van der Waals surface area contributed by atoms with Gasteiger partial charge in [0.25, 0.3) is 5.92 Å². The molecule has 1 rings (SSSR count). The molecule has 0 aromatic carbocycles. The number of hydrogen-bond acceptors (Lipinski definition) is 1. The number of alkyl halides is 3. The molecule has 1 saturated carbocycles. The number of carbonyl (C=O) groups excluding carboxylic acids is 1. The number of halogens is 3. The first-order chi connectivity index (χ1) is 6.58.